The standard InChI is InChI=1S/C13H17BrN2O2S/c1-17-7-8-18-6-2-5-15-13-16-11-9-10(14)3-4-12(11)19-13/h3-4,9H,2,5-8H2,1H3,(H,15,16). The first-order valence-corrected chi connectivity index (χ1v) is 7.77. The van der Waals surface area contributed by atoms with E-state index in [4.69, 9.17) is 9.47 Å². The molecule has 104 valence electrons. The van der Waals surface area contributed by atoms with E-state index >= 15 is 0 Å². The van der Waals surface area contributed by atoms with E-state index < -0.39 is 0 Å². The molecule has 1 aromatic carbocycles. The van der Waals surface area contributed by atoms with Crippen LogP contribution in [0.2, 0.25) is 0 Å². The molecule has 6 heteroatoms. The second-order valence-corrected chi connectivity index (χ2v) is 5.96. The van der Waals surface area contributed by atoms with Crippen molar-refractivity contribution < 1.29 is 9.47 Å². The second-order valence-electron chi connectivity index (χ2n) is 4.02. The van der Waals surface area contributed by atoms with Crippen molar-refractivity contribution in [3.63, 3.8) is 0 Å². The van der Waals surface area contributed by atoms with Gasteiger partial charge in [-0.2, -0.15) is 0 Å². The van der Waals surface area contributed by atoms with E-state index in [2.05, 4.69) is 32.3 Å². The molecule has 19 heavy (non-hydrogen) atoms. The second kappa shape index (κ2) is 7.79. The van der Waals surface area contributed by atoms with Crippen molar-refractivity contribution in [3.8, 4) is 0 Å². The van der Waals surface area contributed by atoms with E-state index in [1.165, 1.54) is 4.70 Å². The Morgan fingerprint density at radius 3 is 3.05 bits per heavy atom. The zero-order chi connectivity index (χ0) is 13.5. The van der Waals surface area contributed by atoms with Crippen LogP contribution in [0.15, 0.2) is 22.7 Å². The van der Waals surface area contributed by atoms with Gasteiger partial charge in [-0.1, -0.05) is 27.3 Å². The van der Waals surface area contributed by atoms with Crippen molar-refractivity contribution in [3.05, 3.63) is 22.7 Å². The van der Waals surface area contributed by atoms with Crippen molar-refractivity contribution in [1.29, 1.82) is 0 Å². The third kappa shape index (κ3) is 4.72. The highest BCUT2D eigenvalue weighted by molar-refractivity contribution is 9.10. The number of halogens is 1. The lowest BCUT2D eigenvalue weighted by atomic mass is 10.3. The lowest BCUT2D eigenvalue weighted by molar-refractivity contribution is 0.0705. The van der Waals surface area contributed by atoms with Gasteiger partial charge in [-0.3, -0.25) is 0 Å². The third-order valence-corrected chi connectivity index (χ3v) is 4.01. The van der Waals surface area contributed by atoms with Gasteiger partial charge in [0, 0.05) is 24.7 Å². The van der Waals surface area contributed by atoms with Gasteiger partial charge < -0.3 is 14.8 Å². The third-order valence-electron chi connectivity index (χ3n) is 2.52. The number of benzene rings is 1. The topological polar surface area (TPSA) is 43.4 Å². The maximum absolute atomic E-state index is 5.40. The first kappa shape index (κ1) is 14.7. The smallest absolute Gasteiger partial charge is 0.183 e. The summed E-state index contributed by atoms with van der Waals surface area (Å²) >= 11 is 5.13. The number of anilines is 1. The minimum atomic E-state index is 0.653. The number of ether oxygens (including phenoxy) is 2. The molecule has 0 saturated carbocycles. The largest absolute Gasteiger partial charge is 0.382 e. The van der Waals surface area contributed by atoms with Gasteiger partial charge in [0.1, 0.15) is 0 Å². The Morgan fingerprint density at radius 1 is 1.32 bits per heavy atom. The average Bonchev–Trinajstić information content (AvgIpc) is 2.79. The van der Waals surface area contributed by atoms with E-state index in [-0.39, 0.29) is 0 Å². The molecular weight excluding hydrogens is 328 g/mol. The summed E-state index contributed by atoms with van der Waals surface area (Å²) in [6.07, 6.45) is 0.962. The molecule has 0 fully saturated rings. The molecular formula is C13H17BrN2O2S. The summed E-state index contributed by atoms with van der Waals surface area (Å²) in [5.41, 5.74) is 1.03. The van der Waals surface area contributed by atoms with Crippen molar-refractivity contribution in [2.45, 2.75) is 6.42 Å². The molecule has 0 spiro atoms. The Morgan fingerprint density at radius 2 is 2.21 bits per heavy atom. The highest BCUT2D eigenvalue weighted by Gasteiger charge is 2.03. The van der Waals surface area contributed by atoms with Gasteiger partial charge in [0.2, 0.25) is 0 Å². The summed E-state index contributed by atoms with van der Waals surface area (Å²) in [6, 6.07) is 6.15. The predicted octanol–water partition coefficient (Wildman–Crippen LogP) is 3.52. The lowest BCUT2D eigenvalue weighted by Gasteiger charge is -2.04. The molecule has 1 N–H and O–H groups in total. The molecule has 0 aliphatic carbocycles. The number of fused-ring (bicyclic) bond motifs is 1. The maximum Gasteiger partial charge on any atom is 0.183 e. The fourth-order valence-corrected chi connectivity index (χ4v) is 2.81. The Balaban J connectivity index is 1.72. The lowest BCUT2D eigenvalue weighted by Crippen LogP contribution is -2.08. The number of hydrogen-bond donors (Lipinski definition) is 1. The number of thiazole rings is 1. The fourth-order valence-electron chi connectivity index (χ4n) is 1.59. The van der Waals surface area contributed by atoms with Crippen LogP contribution in [0.5, 0.6) is 0 Å². The van der Waals surface area contributed by atoms with Crippen LogP contribution >= 0.6 is 27.3 Å². The molecule has 0 aliphatic heterocycles. The Hall–Kier alpha value is -0.690. The summed E-state index contributed by atoms with van der Waals surface area (Å²) in [5, 5.41) is 4.29. The van der Waals surface area contributed by atoms with Gasteiger partial charge in [0.15, 0.2) is 5.13 Å². The summed E-state index contributed by atoms with van der Waals surface area (Å²) < 4.78 is 12.6. The first-order valence-electron chi connectivity index (χ1n) is 6.16. The van der Waals surface area contributed by atoms with Crippen LogP contribution in [-0.2, 0) is 9.47 Å². The Bertz CT molecular complexity index is 518. The van der Waals surface area contributed by atoms with Gasteiger partial charge in [-0.25, -0.2) is 4.98 Å². The Kier molecular flexibility index (Phi) is 6.03. The normalized spacial score (nSPS) is 11.1. The van der Waals surface area contributed by atoms with Crippen LogP contribution in [-0.4, -0.2) is 38.5 Å². The van der Waals surface area contributed by atoms with E-state index in [9.17, 15) is 0 Å². The van der Waals surface area contributed by atoms with Gasteiger partial charge >= 0.3 is 0 Å². The minimum absolute atomic E-state index is 0.653. The molecule has 0 saturated heterocycles. The molecule has 2 rings (SSSR count). The Labute approximate surface area is 125 Å². The van der Waals surface area contributed by atoms with Crippen LogP contribution in [0.1, 0.15) is 6.42 Å². The van der Waals surface area contributed by atoms with E-state index in [1.54, 1.807) is 18.4 Å². The van der Waals surface area contributed by atoms with E-state index in [1.807, 2.05) is 12.1 Å². The number of methoxy groups -OCH3 is 1. The molecule has 2 aromatic rings. The van der Waals surface area contributed by atoms with Crippen LogP contribution in [0, 0.1) is 0 Å². The number of hydrogen-bond acceptors (Lipinski definition) is 5. The summed E-state index contributed by atoms with van der Waals surface area (Å²) in [5.74, 6) is 0. The molecule has 0 bridgehead atoms. The van der Waals surface area contributed by atoms with Gasteiger partial charge in [-0.05, 0) is 24.6 Å². The molecule has 1 heterocycles. The molecule has 0 aliphatic rings. The van der Waals surface area contributed by atoms with E-state index in [0.29, 0.717) is 13.2 Å². The number of aromatic nitrogens is 1. The highest BCUT2D eigenvalue weighted by atomic mass is 79.9. The number of rotatable bonds is 8. The van der Waals surface area contributed by atoms with Gasteiger partial charge in [0.05, 0.1) is 23.4 Å². The monoisotopic (exact) mass is 344 g/mol. The van der Waals surface area contributed by atoms with Crippen molar-refractivity contribution >= 4 is 42.6 Å². The van der Waals surface area contributed by atoms with E-state index in [0.717, 1.165) is 34.7 Å². The molecule has 0 unspecified atom stereocenters. The predicted molar refractivity (Wildman–Crippen MR) is 83.1 cm³/mol. The molecule has 4 nitrogen and oxygen atoms in total. The molecule has 1 aromatic heterocycles. The highest BCUT2D eigenvalue weighted by Crippen LogP contribution is 2.27. The van der Waals surface area contributed by atoms with Crippen LogP contribution < -0.4 is 5.32 Å². The van der Waals surface area contributed by atoms with Crippen LogP contribution in [0.3, 0.4) is 0 Å². The number of nitrogens with one attached hydrogen (secondary N) is 1. The summed E-state index contributed by atoms with van der Waals surface area (Å²) in [6.45, 7) is 2.92. The summed E-state index contributed by atoms with van der Waals surface area (Å²) in [4.78, 5) is 4.54. The first-order chi connectivity index (χ1) is 9.29. The SMILES string of the molecule is COCCOCCCNc1nc2cc(Br)ccc2s1. The molecule has 0 radical (unpaired) electrons. The van der Waals surface area contributed by atoms with Crippen molar-refractivity contribution in [2.75, 3.05) is 38.8 Å². The van der Waals surface area contributed by atoms with Crippen molar-refractivity contribution in [2.24, 2.45) is 0 Å². The quantitative estimate of drug-likeness (QED) is 0.744. The zero-order valence-electron chi connectivity index (χ0n) is 10.8. The van der Waals surface area contributed by atoms with Crippen LogP contribution in [0.4, 0.5) is 5.13 Å². The van der Waals surface area contributed by atoms with Crippen molar-refractivity contribution in [1.82, 2.24) is 4.98 Å². The van der Waals surface area contributed by atoms with Gasteiger partial charge in [0.25, 0.3) is 0 Å². The number of nitrogens with zero attached hydrogens (tertiary/aromatic N) is 1. The fraction of sp³-hybridized carbons (Fsp3) is 0.462. The minimum Gasteiger partial charge on any atom is -0.382 e. The molecule has 0 atom stereocenters. The van der Waals surface area contributed by atoms with Gasteiger partial charge in [-0.15, -0.1) is 0 Å². The molecule has 0 amide bonds. The van der Waals surface area contributed by atoms with Crippen LogP contribution in [0.25, 0.3) is 10.2 Å². The maximum atomic E-state index is 5.40. The average molecular weight is 345 g/mol. The zero-order valence-corrected chi connectivity index (χ0v) is 13.2. The summed E-state index contributed by atoms with van der Waals surface area (Å²) in [7, 11) is 1.68.